The maximum atomic E-state index is 13.0. The fourth-order valence-corrected chi connectivity index (χ4v) is 4.18. The van der Waals surface area contributed by atoms with E-state index in [1.165, 1.54) is 11.6 Å². The molecule has 0 bridgehead atoms. The van der Waals surface area contributed by atoms with Crippen molar-refractivity contribution in [2.45, 2.75) is 32.7 Å². The quantitative estimate of drug-likeness (QED) is 0.406. The number of rotatable bonds is 6. The molecule has 8 heteroatoms. The van der Waals surface area contributed by atoms with E-state index in [9.17, 15) is 14.9 Å². The Morgan fingerprint density at radius 3 is 2.37 bits per heavy atom. The van der Waals surface area contributed by atoms with Crippen LogP contribution in [-0.2, 0) is 12.0 Å². The molecular formula is C27H31N5O3. The molecule has 1 amide bonds. The van der Waals surface area contributed by atoms with Crippen LogP contribution in [0.3, 0.4) is 0 Å². The maximum absolute atomic E-state index is 13.0. The van der Waals surface area contributed by atoms with Crippen molar-refractivity contribution in [3.63, 3.8) is 0 Å². The lowest BCUT2D eigenvalue weighted by Gasteiger charge is -2.36. The van der Waals surface area contributed by atoms with Gasteiger partial charge in [-0.3, -0.25) is 19.9 Å². The summed E-state index contributed by atoms with van der Waals surface area (Å²) >= 11 is 0. The summed E-state index contributed by atoms with van der Waals surface area (Å²) in [4.78, 5) is 32.3. The smallest absolute Gasteiger partial charge is 0.292 e. The molecule has 1 aromatic heterocycles. The zero-order valence-electron chi connectivity index (χ0n) is 20.4. The van der Waals surface area contributed by atoms with Gasteiger partial charge in [-0.15, -0.1) is 0 Å². The summed E-state index contributed by atoms with van der Waals surface area (Å²) in [5.41, 5.74) is 4.28. The molecule has 0 atom stereocenters. The van der Waals surface area contributed by atoms with Crippen molar-refractivity contribution in [2.24, 2.45) is 0 Å². The lowest BCUT2D eigenvalue weighted by molar-refractivity contribution is -0.384. The first-order valence-corrected chi connectivity index (χ1v) is 11.8. The van der Waals surface area contributed by atoms with Crippen LogP contribution in [0.1, 0.15) is 42.3 Å². The monoisotopic (exact) mass is 473 g/mol. The van der Waals surface area contributed by atoms with Crippen LogP contribution in [0.4, 0.5) is 17.1 Å². The van der Waals surface area contributed by atoms with Gasteiger partial charge < -0.3 is 15.1 Å². The van der Waals surface area contributed by atoms with Gasteiger partial charge >= 0.3 is 0 Å². The van der Waals surface area contributed by atoms with Gasteiger partial charge in [0.05, 0.1) is 4.92 Å². The number of nitro groups is 1. The second-order valence-corrected chi connectivity index (χ2v) is 9.78. The molecule has 1 aliphatic rings. The van der Waals surface area contributed by atoms with Crippen LogP contribution in [0.5, 0.6) is 0 Å². The molecule has 0 spiro atoms. The molecule has 0 radical (unpaired) electrons. The van der Waals surface area contributed by atoms with E-state index in [0.717, 1.165) is 11.3 Å². The van der Waals surface area contributed by atoms with Crippen LogP contribution in [-0.4, -0.2) is 46.9 Å². The summed E-state index contributed by atoms with van der Waals surface area (Å²) in [6.45, 7) is 9.40. The Balaban J connectivity index is 1.42. The zero-order chi connectivity index (χ0) is 25.0. The van der Waals surface area contributed by atoms with Gasteiger partial charge in [-0.05, 0) is 46.9 Å². The summed E-state index contributed by atoms with van der Waals surface area (Å²) in [5.74, 6) is 0.0348. The van der Waals surface area contributed by atoms with Gasteiger partial charge in [-0.25, -0.2) is 0 Å². The topological polar surface area (TPSA) is 91.6 Å². The predicted molar refractivity (Wildman–Crippen MR) is 138 cm³/mol. The van der Waals surface area contributed by atoms with Crippen LogP contribution < -0.4 is 10.2 Å². The summed E-state index contributed by atoms with van der Waals surface area (Å²) in [7, 11) is 0. The fourth-order valence-electron chi connectivity index (χ4n) is 4.18. The largest absolute Gasteiger partial charge is 0.375 e. The zero-order valence-corrected chi connectivity index (χ0v) is 20.4. The minimum atomic E-state index is -0.378. The van der Waals surface area contributed by atoms with Crippen molar-refractivity contribution < 1.29 is 9.72 Å². The van der Waals surface area contributed by atoms with Gasteiger partial charge in [-0.2, -0.15) is 0 Å². The van der Waals surface area contributed by atoms with Crippen molar-refractivity contribution in [1.29, 1.82) is 0 Å². The highest BCUT2D eigenvalue weighted by Crippen LogP contribution is 2.31. The summed E-state index contributed by atoms with van der Waals surface area (Å²) in [6, 6.07) is 16.8. The summed E-state index contributed by atoms with van der Waals surface area (Å²) in [5, 5.41) is 14.7. The number of anilines is 2. The normalized spacial score (nSPS) is 14.0. The molecule has 182 valence electrons. The molecule has 1 N–H and O–H groups in total. The van der Waals surface area contributed by atoms with Gasteiger partial charge in [-0.1, -0.05) is 39.0 Å². The highest BCUT2D eigenvalue weighted by atomic mass is 16.6. The van der Waals surface area contributed by atoms with E-state index in [2.05, 4.69) is 36.0 Å². The standard InChI is InChI=1S/C27H31N5O3/c1-27(2,3)22-8-6-21(7-9-22)26(33)31-15-13-30(14-16-31)23-10-11-25(32(34)35)24(17-23)29-19-20-5-4-12-28-18-20/h4-12,17-18,29H,13-16,19H2,1-3H3. The maximum Gasteiger partial charge on any atom is 0.292 e. The Bertz CT molecular complexity index is 1180. The van der Waals surface area contributed by atoms with E-state index in [4.69, 9.17) is 0 Å². The molecule has 0 aliphatic carbocycles. The summed E-state index contributed by atoms with van der Waals surface area (Å²) < 4.78 is 0. The molecule has 1 fully saturated rings. The number of carbonyl (C=O) groups excluding carboxylic acids is 1. The van der Waals surface area contributed by atoms with E-state index in [0.29, 0.717) is 44.0 Å². The first kappa shape index (κ1) is 24.2. The molecule has 0 saturated carbocycles. The Morgan fingerprint density at radius 2 is 1.77 bits per heavy atom. The third kappa shape index (κ3) is 5.77. The van der Waals surface area contributed by atoms with E-state index < -0.39 is 0 Å². The molecule has 0 unspecified atom stereocenters. The molecule has 35 heavy (non-hydrogen) atoms. The number of hydrogen-bond acceptors (Lipinski definition) is 6. The lowest BCUT2D eigenvalue weighted by Crippen LogP contribution is -2.48. The van der Waals surface area contributed by atoms with Gasteiger partial charge in [0.25, 0.3) is 11.6 Å². The number of nitrogens with one attached hydrogen (secondary N) is 1. The Morgan fingerprint density at radius 1 is 1.06 bits per heavy atom. The van der Waals surface area contributed by atoms with Crippen molar-refractivity contribution >= 4 is 23.0 Å². The number of benzene rings is 2. The van der Waals surface area contributed by atoms with Crippen LogP contribution in [0.15, 0.2) is 67.0 Å². The minimum Gasteiger partial charge on any atom is -0.375 e. The number of carbonyl (C=O) groups is 1. The molecule has 4 rings (SSSR count). The highest BCUT2D eigenvalue weighted by molar-refractivity contribution is 5.94. The molecule has 2 heterocycles. The molecule has 1 saturated heterocycles. The Labute approximate surface area is 205 Å². The van der Waals surface area contributed by atoms with Gasteiger partial charge in [0.15, 0.2) is 0 Å². The van der Waals surface area contributed by atoms with Crippen molar-refractivity contribution in [2.75, 3.05) is 36.4 Å². The van der Waals surface area contributed by atoms with Gasteiger partial charge in [0.1, 0.15) is 5.69 Å². The van der Waals surface area contributed by atoms with Crippen LogP contribution in [0.2, 0.25) is 0 Å². The number of nitrogens with zero attached hydrogens (tertiary/aromatic N) is 4. The van der Waals surface area contributed by atoms with E-state index in [1.807, 2.05) is 47.4 Å². The van der Waals surface area contributed by atoms with Crippen LogP contribution in [0, 0.1) is 10.1 Å². The SMILES string of the molecule is CC(C)(C)c1ccc(C(=O)N2CCN(c3ccc([N+](=O)[O-])c(NCc4cccnc4)c3)CC2)cc1. The number of piperazine rings is 1. The average molecular weight is 474 g/mol. The van der Waals surface area contributed by atoms with E-state index in [1.54, 1.807) is 18.5 Å². The van der Waals surface area contributed by atoms with Crippen molar-refractivity contribution in [3.8, 4) is 0 Å². The number of nitro benzene ring substituents is 1. The van der Waals surface area contributed by atoms with Gasteiger partial charge in [0, 0.05) is 62.4 Å². The number of pyridine rings is 1. The van der Waals surface area contributed by atoms with Crippen LogP contribution in [0.25, 0.3) is 0 Å². The lowest BCUT2D eigenvalue weighted by atomic mass is 9.86. The van der Waals surface area contributed by atoms with E-state index in [-0.39, 0.29) is 21.9 Å². The highest BCUT2D eigenvalue weighted by Gasteiger charge is 2.24. The Kier molecular flexibility index (Phi) is 7.00. The number of aromatic nitrogens is 1. The molecule has 8 nitrogen and oxygen atoms in total. The van der Waals surface area contributed by atoms with Crippen molar-refractivity contribution in [1.82, 2.24) is 9.88 Å². The van der Waals surface area contributed by atoms with E-state index >= 15 is 0 Å². The first-order chi connectivity index (χ1) is 16.7. The summed E-state index contributed by atoms with van der Waals surface area (Å²) in [6.07, 6.45) is 3.42. The second-order valence-electron chi connectivity index (χ2n) is 9.78. The average Bonchev–Trinajstić information content (AvgIpc) is 2.87. The molecule has 1 aliphatic heterocycles. The Hall–Kier alpha value is -3.94. The number of hydrogen-bond donors (Lipinski definition) is 1. The minimum absolute atomic E-state index is 0.0326. The third-order valence-electron chi connectivity index (χ3n) is 6.31. The second kappa shape index (κ2) is 10.1. The first-order valence-electron chi connectivity index (χ1n) is 11.8. The van der Waals surface area contributed by atoms with Crippen molar-refractivity contribution in [3.05, 3.63) is 93.8 Å². The fraction of sp³-hybridized carbons (Fsp3) is 0.333. The van der Waals surface area contributed by atoms with Crippen LogP contribution >= 0.6 is 0 Å². The molecule has 2 aromatic carbocycles. The predicted octanol–water partition coefficient (Wildman–Crippen LogP) is 4.86. The third-order valence-corrected chi connectivity index (χ3v) is 6.31. The number of amides is 1. The molecule has 3 aromatic rings. The van der Waals surface area contributed by atoms with Gasteiger partial charge in [0.2, 0.25) is 0 Å². The molecular weight excluding hydrogens is 442 g/mol.